The van der Waals surface area contributed by atoms with Crippen molar-refractivity contribution in [2.75, 3.05) is 9.80 Å². The number of nitrogens with zero attached hydrogens (tertiary/aromatic N) is 2. The van der Waals surface area contributed by atoms with Crippen molar-refractivity contribution in [2.45, 2.75) is 33.1 Å². The minimum atomic E-state index is 0.774. The third-order valence-corrected chi connectivity index (χ3v) is 9.05. The molecule has 0 N–H and O–H groups in total. The zero-order valence-electron chi connectivity index (χ0n) is 29.7. The average molecular weight is 663 g/mol. The van der Waals surface area contributed by atoms with Crippen molar-refractivity contribution in [1.82, 2.24) is 0 Å². The average Bonchev–Trinajstić information content (AvgIpc) is 3.59. The van der Waals surface area contributed by atoms with Crippen LogP contribution in [0.15, 0.2) is 229 Å². The molecule has 0 saturated carbocycles. The summed E-state index contributed by atoms with van der Waals surface area (Å²) >= 11 is 0. The Kier molecular flexibility index (Phi) is 11.9. The van der Waals surface area contributed by atoms with E-state index in [0.29, 0.717) is 0 Å². The predicted molar refractivity (Wildman–Crippen MR) is 224 cm³/mol. The van der Waals surface area contributed by atoms with Gasteiger partial charge in [0, 0.05) is 34.1 Å². The molecule has 6 rings (SSSR count). The van der Waals surface area contributed by atoms with Gasteiger partial charge >= 0.3 is 0 Å². The third kappa shape index (κ3) is 8.55. The molecule has 51 heavy (non-hydrogen) atoms. The van der Waals surface area contributed by atoms with Crippen LogP contribution in [0, 0.1) is 0 Å². The maximum Gasteiger partial charge on any atom is 0.0536 e. The number of hydrogen-bond acceptors (Lipinski definition) is 2. The molecule has 0 atom stereocenters. The first kappa shape index (κ1) is 34.7. The van der Waals surface area contributed by atoms with Crippen LogP contribution < -0.4 is 9.80 Å². The fourth-order valence-corrected chi connectivity index (χ4v) is 6.54. The quantitative estimate of drug-likeness (QED) is 0.110. The fraction of sp³-hybridized carbons (Fsp3) is 0.102. The molecule has 2 aliphatic rings. The Bertz CT molecular complexity index is 2210. The topological polar surface area (TPSA) is 6.48 Å². The Morgan fingerprint density at radius 2 is 1.41 bits per heavy atom. The van der Waals surface area contributed by atoms with Gasteiger partial charge in [0.1, 0.15) is 0 Å². The molecule has 0 bridgehead atoms. The highest BCUT2D eigenvalue weighted by atomic mass is 15.2. The van der Waals surface area contributed by atoms with E-state index >= 15 is 0 Å². The Morgan fingerprint density at radius 3 is 2.18 bits per heavy atom. The highest BCUT2D eigenvalue weighted by molar-refractivity contribution is 5.97. The molecule has 0 spiro atoms. The summed E-state index contributed by atoms with van der Waals surface area (Å²) in [7, 11) is 0. The monoisotopic (exact) mass is 662 g/mol. The van der Waals surface area contributed by atoms with E-state index in [1.165, 1.54) is 38.4 Å². The Hall–Kier alpha value is -6.12. The molecule has 0 unspecified atom stereocenters. The summed E-state index contributed by atoms with van der Waals surface area (Å²) in [5.74, 6) is 0. The van der Waals surface area contributed by atoms with Crippen molar-refractivity contribution in [1.29, 1.82) is 0 Å². The fourth-order valence-electron chi connectivity index (χ4n) is 6.54. The van der Waals surface area contributed by atoms with E-state index in [-0.39, 0.29) is 0 Å². The first-order valence-corrected chi connectivity index (χ1v) is 17.8. The van der Waals surface area contributed by atoms with Gasteiger partial charge in [-0.2, -0.15) is 0 Å². The van der Waals surface area contributed by atoms with Crippen LogP contribution >= 0.6 is 0 Å². The molecule has 0 saturated heterocycles. The summed E-state index contributed by atoms with van der Waals surface area (Å²) in [6, 6.07) is 30.2. The summed E-state index contributed by atoms with van der Waals surface area (Å²) in [5.41, 5.74) is 8.24. The van der Waals surface area contributed by atoms with Gasteiger partial charge in [0.05, 0.1) is 11.4 Å². The molecule has 0 radical (unpaired) electrons. The third-order valence-electron chi connectivity index (χ3n) is 9.05. The van der Waals surface area contributed by atoms with Gasteiger partial charge in [0.2, 0.25) is 0 Å². The first-order valence-electron chi connectivity index (χ1n) is 17.8. The minimum absolute atomic E-state index is 0.774. The molecular formula is C49H46N2. The summed E-state index contributed by atoms with van der Waals surface area (Å²) in [6.45, 7) is 8.36. The van der Waals surface area contributed by atoms with Gasteiger partial charge in [0.25, 0.3) is 0 Å². The largest absolute Gasteiger partial charge is 0.317 e. The zero-order chi connectivity index (χ0) is 35.3. The summed E-state index contributed by atoms with van der Waals surface area (Å²) in [5, 5.41) is 4.88. The van der Waals surface area contributed by atoms with E-state index in [9.17, 15) is 0 Å². The second-order valence-corrected chi connectivity index (χ2v) is 12.5. The molecule has 252 valence electrons. The van der Waals surface area contributed by atoms with Gasteiger partial charge in [-0.05, 0) is 97.5 Å². The molecule has 0 aliphatic heterocycles. The number of fused-ring (bicyclic) bond motifs is 2. The van der Waals surface area contributed by atoms with Crippen molar-refractivity contribution >= 4 is 32.9 Å². The van der Waals surface area contributed by atoms with Gasteiger partial charge in [0.15, 0.2) is 0 Å². The lowest BCUT2D eigenvalue weighted by atomic mass is 9.98. The molecule has 4 aromatic carbocycles. The number of rotatable bonds is 12. The lowest BCUT2D eigenvalue weighted by Crippen LogP contribution is -2.19. The molecular weight excluding hydrogens is 617 g/mol. The van der Waals surface area contributed by atoms with E-state index in [4.69, 9.17) is 0 Å². The Morgan fingerprint density at radius 1 is 0.706 bits per heavy atom. The number of benzene rings is 4. The highest BCUT2D eigenvalue weighted by Gasteiger charge is 2.16. The summed E-state index contributed by atoms with van der Waals surface area (Å²) in [6.07, 6.45) is 41.4. The summed E-state index contributed by atoms with van der Waals surface area (Å²) in [4.78, 5) is 4.66. The van der Waals surface area contributed by atoms with Crippen molar-refractivity contribution in [3.8, 4) is 0 Å². The van der Waals surface area contributed by atoms with E-state index in [0.717, 1.165) is 42.0 Å². The Balaban J connectivity index is 1.39. The van der Waals surface area contributed by atoms with Crippen molar-refractivity contribution in [3.63, 3.8) is 0 Å². The smallest absolute Gasteiger partial charge is 0.0536 e. The van der Waals surface area contributed by atoms with Crippen LogP contribution in [0.5, 0.6) is 0 Å². The molecule has 2 nitrogen and oxygen atoms in total. The maximum absolute atomic E-state index is 4.13. The number of anilines is 2. The van der Waals surface area contributed by atoms with Gasteiger partial charge in [-0.25, -0.2) is 0 Å². The molecule has 0 aromatic heterocycles. The number of hydrogen-bond donors (Lipinski definition) is 0. The van der Waals surface area contributed by atoms with Crippen molar-refractivity contribution in [3.05, 3.63) is 229 Å². The summed E-state index contributed by atoms with van der Waals surface area (Å²) < 4.78 is 0. The van der Waals surface area contributed by atoms with Crippen molar-refractivity contribution in [2.24, 2.45) is 0 Å². The van der Waals surface area contributed by atoms with Crippen molar-refractivity contribution < 1.29 is 0 Å². The van der Waals surface area contributed by atoms with E-state index in [1.54, 1.807) is 0 Å². The highest BCUT2D eigenvalue weighted by Crippen LogP contribution is 2.35. The van der Waals surface area contributed by atoms with Crippen LogP contribution in [0.1, 0.15) is 33.1 Å². The van der Waals surface area contributed by atoms with E-state index < -0.39 is 0 Å². The van der Waals surface area contributed by atoms with E-state index in [2.05, 4.69) is 199 Å². The van der Waals surface area contributed by atoms with Gasteiger partial charge < -0.3 is 9.80 Å². The molecule has 2 heteroatoms. The maximum atomic E-state index is 4.13. The van der Waals surface area contributed by atoms with Crippen LogP contribution in [0.3, 0.4) is 0 Å². The zero-order valence-corrected chi connectivity index (χ0v) is 29.7. The van der Waals surface area contributed by atoms with Gasteiger partial charge in [-0.3, -0.25) is 0 Å². The van der Waals surface area contributed by atoms with E-state index in [1.807, 2.05) is 25.2 Å². The molecule has 0 amide bonds. The molecule has 0 heterocycles. The molecule has 0 fully saturated rings. The molecule has 2 aliphatic carbocycles. The standard InChI is InChI=1S/C49H46N2/c1-4-6-7-10-17-38-50(48-32-19-25-42-22-13-15-30-46(42)48)44-29-18-24-41(36-37-44)40(21-5-2)35-34-39(3)51(45-27-11-8-9-12-28-45)49-33-20-26-43-23-14-16-31-47(43)49/h4-11,13-20,22-23,25-38H,2,12,21,24H2,1,3H3/b6-4-,10-7-,38-17+,39-34+,40-35+. The lowest BCUT2D eigenvalue weighted by molar-refractivity contribution is 1.09. The normalized spacial score (nSPS) is 15.4. The SMILES string of the molecule is C=CC/C(=C\C=C(/C)N(C1=CCC=CC=C1)c1cccc2ccccc12)C1=CC=C(N(/C=C/C=C\C=C/C)c2cccc3ccccc23)C=CC1. The second-order valence-electron chi connectivity index (χ2n) is 12.5. The predicted octanol–water partition coefficient (Wildman–Crippen LogP) is 13.5. The van der Waals surface area contributed by atoms with Gasteiger partial charge in [-0.15, -0.1) is 6.58 Å². The number of allylic oxidation sites excluding steroid dienone is 20. The molecule has 4 aromatic rings. The van der Waals surface area contributed by atoms with Crippen LogP contribution in [0.2, 0.25) is 0 Å². The van der Waals surface area contributed by atoms with Crippen LogP contribution in [0.25, 0.3) is 21.5 Å². The van der Waals surface area contributed by atoms with Gasteiger partial charge in [-0.1, -0.05) is 146 Å². The van der Waals surface area contributed by atoms with Crippen LogP contribution in [-0.2, 0) is 0 Å². The van der Waals surface area contributed by atoms with Crippen LogP contribution in [0.4, 0.5) is 11.4 Å². The minimum Gasteiger partial charge on any atom is -0.317 e. The Labute approximate surface area is 304 Å². The first-order chi connectivity index (χ1) is 25.2. The second kappa shape index (κ2) is 17.5. The lowest BCUT2D eigenvalue weighted by Gasteiger charge is -2.28. The van der Waals surface area contributed by atoms with Crippen LogP contribution in [-0.4, -0.2) is 0 Å².